The normalized spacial score (nSPS) is 13.1. The van der Waals surface area contributed by atoms with Crippen molar-refractivity contribution in [2.24, 2.45) is 0 Å². The predicted octanol–water partition coefficient (Wildman–Crippen LogP) is 6.43. The van der Waals surface area contributed by atoms with Gasteiger partial charge in [0.05, 0.1) is 17.9 Å². The molecule has 0 saturated heterocycles. The van der Waals surface area contributed by atoms with Gasteiger partial charge in [-0.2, -0.15) is 13.2 Å². The predicted molar refractivity (Wildman–Crippen MR) is 108 cm³/mol. The minimum absolute atomic E-state index is 0.286. The number of ether oxygens (including phenoxy) is 1. The van der Waals surface area contributed by atoms with Crippen LogP contribution >= 0.6 is 0 Å². The second-order valence-electron chi connectivity index (χ2n) is 6.47. The molecule has 0 saturated carbocycles. The van der Waals surface area contributed by atoms with E-state index in [4.69, 9.17) is 4.74 Å². The highest BCUT2D eigenvalue weighted by atomic mass is 19.4. The SMILES string of the molecule is CCC/C=C(/C=C\C=C(/C)C(=O)Nc1cc(C)c(C)cc1OCC)C(F)(F)F. The molecular formula is C22H28F3NO2. The molecule has 6 heteroatoms. The molecular weight excluding hydrogens is 367 g/mol. The molecule has 1 aromatic rings. The third-order valence-electron chi connectivity index (χ3n) is 4.10. The molecule has 0 aromatic heterocycles. The quantitative estimate of drug-likeness (QED) is 0.407. The van der Waals surface area contributed by atoms with Crippen molar-refractivity contribution in [1.29, 1.82) is 0 Å². The van der Waals surface area contributed by atoms with Gasteiger partial charge in [0.25, 0.3) is 5.91 Å². The third-order valence-corrected chi connectivity index (χ3v) is 4.10. The van der Waals surface area contributed by atoms with Crippen molar-refractivity contribution in [3.05, 3.63) is 58.7 Å². The number of allylic oxidation sites excluding steroid dienone is 5. The summed E-state index contributed by atoms with van der Waals surface area (Å²) < 4.78 is 44.5. The van der Waals surface area contributed by atoms with E-state index in [-0.39, 0.29) is 5.57 Å². The molecule has 0 atom stereocenters. The number of rotatable bonds is 8. The zero-order chi connectivity index (χ0) is 21.3. The van der Waals surface area contributed by atoms with Crippen LogP contribution < -0.4 is 10.1 Å². The largest absolute Gasteiger partial charge is 0.492 e. The van der Waals surface area contributed by atoms with Gasteiger partial charge in [0.2, 0.25) is 0 Å². The van der Waals surface area contributed by atoms with Gasteiger partial charge < -0.3 is 10.1 Å². The van der Waals surface area contributed by atoms with Gasteiger partial charge in [0.1, 0.15) is 5.75 Å². The van der Waals surface area contributed by atoms with Crippen molar-refractivity contribution in [2.75, 3.05) is 11.9 Å². The van der Waals surface area contributed by atoms with E-state index in [1.807, 2.05) is 39.8 Å². The van der Waals surface area contributed by atoms with Gasteiger partial charge in [0.15, 0.2) is 0 Å². The molecule has 0 fully saturated rings. The fraction of sp³-hybridized carbons (Fsp3) is 0.409. The number of aryl methyl sites for hydroxylation is 2. The lowest BCUT2D eigenvalue weighted by atomic mass is 10.1. The van der Waals surface area contributed by atoms with Crippen molar-refractivity contribution in [3.8, 4) is 5.75 Å². The summed E-state index contributed by atoms with van der Waals surface area (Å²) in [7, 11) is 0. The van der Waals surface area contributed by atoms with Gasteiger partial charge in [-0.3, -0.25) is 4.79 Å². The second-order valence-corrected chi connectivity index (χ2v) is 6.47. The molecule has 0 unspecified atom stereocenters. The van der Waals surface area contributed by atoms with Gasteiger partial charge in [0, 0.05) is 5.57 Å². The van der Waals surface area contributed by atoms with Gasteiger partial charge in [-0.25, -0.2) is 0 Å². The van der Waals surface area contributed by atoms with Gasteiger partial charge in [-0.05, 0) is 57.4 Å². The van der Waals surface area contributed by atoms with Crippen LogP contribution in [-0.4, -0.2) is 18.7 Å². The van der Waals surface area contributed by atoms with Crippen LogP contribution in [0.1, 0.15) is 44.7 Å². The third kappa shape index (κ3) is 7.25. The van der Waals surface area contributed by atoms with Crippen molar-refractivity contribution in [3.63, 3.8) is 0 Å². The lowest BCUT2D eigenvalue weighted by Gasteiger charge is -2.14. The molecule has 1 rings (SSSR count). The molecule has 0 bridgehead atoms. The molecule has 1 amide bonds. The van der Waals surface area contributed by atoms with Gasteiger partial charge in [-0.15, -0.1) is 0 Å². The Balaban J connectivity index is 2.97. The Labute approximate surface area is 165 Å². The first-order chi connectivity index (χ1) is 13.1. The topological polar surface area (TPSA) is 38.3 Å². The van der Waals surface area contributed by atoms with Crippen molar-refractivity contribution >= 4 is 11.6 Å². The van der Waals surface area contributed by atoms with E-state index in [1.165, 1.54) is 12.2 Å². The first-order valence-electron chi connectivity index (χ1n) is 9.27. The molecule has 0 radical (unpaired) electrons. The fourth-order valence-electron chi connectivity index (χ4n) is 2.33. The standard InChI is InChI=1S/C22H28F3NO2/c1-6-8-11-18(22(23,24)25)12-9-10-15(3)21(27)26-19-13-16(4)17(5)14-20(19)28-7-2/h9-14H,6-8H2,1-5H3,(H,26,27)/b12-9-,15-10+,18-11-. The van der Waals surface area contributed by atoms with Crippen molar-refractivity contribution in [2.45, 2.75) is 53.6 Å². The summed E-state index contributed by atoms with van der Waals surface area (Å²) in [5, 5.41) is 2.76. The monoisotopic (exact) mass is 395 g/mol. The first kappa shape index (κ1) is 23.5. The average molecular weight is 395 g/mol. The van der Waals surface area contributed by atoms with E-state index in [0.717, 1.165) is 23.3 Å². The summed E-state index contributed by atoms with van der Waals surface area (Å²) >= 11 is 0. The van der Waals surface area contributed by atoms with E-state index in [2.05, 4.69) is 5.32 Å². The van der Waals surface area contributed by atoms with Crippen LogP contribution in [0.3, 0.4) is 0 Å². The Morgan fingerprint density at radius 3 is 2.39 bits per heavy atom. The minimum atomic E-state index is -4.42. The Morgan fingerprint density at radius 2 is 1.82 bits per heavy atom. The van der Waals surface area contributed by atoms with Crippen molar-refractivity contribution in [1.82, 2.24) is 0 Å². The fourth-order valence-corrected chi connectivity index (χ4v) is 2.33. The summed E-state index contributed by atoms with van der Waals surface area (Å²) in [6, 6.07) is 3.66. The summed E-state index contributed by atoms with van der Waals surface area (Å²) in [6.45, 7) is 9.53. The number of halogens is 3. The van der Waals surface area contributed by atoms with Gasteiger partial charge >= 0.3 is 6.18 Å². The molecule has 0 aliphatic carbocycles. The maximum absolute atomic E-state index is 13.0. The van der Waals surface area contributed by atoms with E-state index in [9.17, 15) is 18.0 Å². The number of amides is 1. The van der Waals surface area contributed by atoms with Gasteiger partial charge in [-0.1, -0.05) is 37.6 Å². The number of carbonyl (C=O) groups is 1. The van der Waals surface area contributed by atoms with E-state index in [0.29, 0.717) is 30.9 Å². The number of benzene rings is 1. The second kappa shape index (κ2) is 10.7. The number of alkyl halides is 3. The van der Waals surface area contributed by atoms with Crippen LogP contribution in [0.25, 0.3) is 0 Å². The van der Waals surface area contributed by atoms with E-state index >= 15 is 0 Å². The molecule has 1 N–H and O–H groups in total. The maximum Gasteiger partial charge on any atom is 0.416 e. The Bertz CT molecular complexity index is 775. The van der Waals surface area contributed by atoms with Crippen LogP contribution in [0.5, 0.6) is 5.75 Å². The lowest BCUT2D eigenvalue weighted by molar-refractivity contribution is -0.112. The molecule has 3 nitrogen and oxygen atoms in total. The Morgan fingerprint density at radius 1 is 1.18 bits per heavy atom. The number of hydrogen-bond donors (Lipinski definition) is 1. The van der Waals surface area contributed by atoms with Crippen LogP contribution in [0.2, 0.25) is 0 Å². The number of carbonyl (C=O) groups excluding carboxylic acids is 1. The molecule has 0 heterocycles. The lowest BCUT2D eigenvalue weighted by Crippen LogP contribution is -2.14. The zero-order valence-corrected chi connectivity index (χ0v) is 17.0. The maximum atomic E-state index is 13.0. The molecule has 1 aromatic carbocycles. The highest BCUT2D eigenvalue weighted by molar-refractivity contribution is 6.04. The average Bonchev–Trinajstić information content (AvgIpc) is 2.61. The van der Waals surface area contributed by atoms with Crippen LogP contribution in [0.15, 0.2) is 47.6 Å². The summed E-state index contributed by atoms with van der Waals surface area (Å²) in [5.74, 6) is 0.157. The molecule has 28 heavy (non-hydrogen) atoms. The first-order valence-corrected chi connectivity index (χ1v) is 9.27. The van der Waals surface area contributed by atoms with E-state index in [1.54, 1.807) is 6.92 Å². The molecule has 0 spiro atoms. The highest BCUT2D eigenvalue weighted by Gasteiger charge is 2.31. The van der Waals surface area contributed by atoms with E-state index < -0.39 is 17.7 Å². The van der Waals surface area contributed by atoms with Crippen LogP contribution in [0, 0.1) is 13.8 Å². The Kier molecular flexibility index (Phi) is 9.03. The van der Waals surface area contributed by atoms with Crippen LogP contribution in [0.4, 0.5) is 18.9 Å². The molecule has 0 aliphatic rings. The number of nitrogens with one attached hydrogen (secondary N) is 1. The summed E-state index contributed by atoms with van der Waals surface area (Å²) in [4.78, 5) is 12.4. The number of anilines is 1. The summed E-state index contributed by atoms with van der Waals surface area (Å²) in [6.07, 6.45) is 1.30. The Hall–Kier alpha value is -2.50. The zero-order valence-electron chi connectivity index (χ0n) is 17.0. The minimum Gasteiger partial charge on any atom is -0.492 e. The molecule has 154 valence electrons. The number of unbranched alkanes of at least 4 members (excludes halogenated alkanes) is 1. The molecule has 0 aliphatic heterocycles. The highest BCUT2D eigenvalue weighted by Crippen LogP contribution is 2.29. The van der Waals surface area contributed by atoms with Crippen molar-refractivity contribution < 1.29 is 22.7 Å². The van der Waals surface area contributed by atoms with Crippen LogP contribution in [-0.2, 0) is 4.79 Å². The summed E-state index contributed by atoms with van der Waals surface area (Å²) in [5.41, 5.74) is 2.14. The smallest absolute Gasteiger partial charge is 0.416 e. The number of hydrogen-bond acceptors (Lipinski definition) is 2.